The first-order valence-corrected chi connectivity index (χ1v) is 8.03. The van der Waals surface area contributed by atoms with Crippen molar-refractivity contribution in [2.45, 2.75) is 0 Å². The molecule has 0 amide bonds. The first-order valence-electron chi connectivity index (χ1n) is 4.36. The molecule has 0 aromatic rings. The van der Waals surface area contributed by atoms with Gasteiger partial charge in [-0.25, -0.2) is 0 Å². The van der Waals surface area contributed by atoms with E-state index in [4.69, 9.17) is 54.5 Å². The molecule has 0 heterocycles. The third-order valence-corrected chi connectivity index (χ3v) is 0.642. The standard InChI is InChI=1S/C4H13N3.2Al.3H3O3P/c5-1-3-7-4-2-6;;;3*1-4(2)3/h7H,1-6H2;;;3*4H,(H2,1,2,3)/q;2*+3;;;/p-6. The third kappa shape index (κ3) is 277. The summed E-state index contributed by atoms with van der Waals surface area (Å²) >= 11 is 0. The summed E-state index contributed by atoms with van der Waals surface area (Å²) in [5.74, 6) is 0. The molecule has 17 heteroatoms. The molecule has 5 N–H and O–H groups in total. The molecule has 0 saturated carbocycles. The van der Waals surface area contributed by atoms with E-state index < -0.39 is 24.8 Å². The van der Waals surface area contributed by atoms with Gasteiger partial charge in [0.25, 0.3) is 0 Å². The van der Waals surface area contributed by atoms with Crippen molar-refractivity contribution in [1.82, 2.24) is 5.32 Å². The second-order valence-corrected chi connectivity index (χ2v) is 3.58. The fourth-order valence-electron chi connectivity index (χ4n) is 0.329. The minimum atomic E-state index is -3.63. The molecule has 0 radical (unpaired) electrons. The van der Waals surface area contributed by atoms with Gasteiger partial charge in [-0.15, -0.1) is 0 Å². The number of rotatable bonds is 4. The zero-order valence-corrected chi connectivity index (χ0v) is 16.1. The Morgan fingerprint density at radius 2 is 0.810 bits per heavy atom. The van der Waals surface area contributed by atoms with Gasteiger partial charge in [-0.2, -0.15) is 0 Å². The van der Waals surface area contributed by atoms with Gasteiger partial charge in [0.2, 0.25) is 0 Å². The van der Waals surface area contributed by atoms with Crippen LogP contribution in [-0.2, 0) is 13.7 Å². The van der Waals surface area contributed by atoms with E-state index in [0.717, 1.165) is 13.1 Å². The molecule has 0 spiro atoms. The van der Waals surface area contributed by atoms with Gasteiger partial charge in [-0.3, -0.25) is 0 Å². The van der Waals surface area contributed by atoms with Crippen LogP contribution in [0, 0.1) is 0 Å². The van der Waals surface area contributed by atoms with Gasteiger partial charge in [-0.1, -0.05) is 24.8 Å². The Morgan fingerprint density at radius 1 is 0.667 bits per heavy atom. The van der Waals surface area contributed by atoms with E-state index in [-0.39, 0.29) is 34.7 Å². The molecule has 0 rings (SSSR count). The maximum atomic E-state index is 8.52. The molecule has 0 unspecified atom stereocenters. The van der Waals surface area contributed by atoms with E-state index in [0.29, 0.717) is 13.1 Å². The van der Waals surface area contributed by atoms with E-state index in [1.54, 1.807) is 0 Å². The summed E-state index contributed by atoms with van der Waals surface area (Å²) in [5, 5.41) is 3.03. The van der Waals surface area contributed by atoms with Gasteiger partial charge in [0.05, 0.1) is 0 Å². The van der Waals surface area contributed by atoms with Crippen molar-refractivity contribution in [2.75, 3.05) is 26.2 Å². The zero-order chi connectivity index (χ0) is 16.3. The van der Waals surface area contributed by atoms with Crippen LogP contribution in [0.25, 0.3) is 0 Å². The number of nitrogens with two attached hydrogens (primary N) is 2. The van der Waals surface area contributed by atoms with Crippen molar-refractivity contribution in [1.29, 1.82) is 0 Å². The first-order chi connectivity index (χ1) is 8.61. The normalized spacial score (nSPS) is 8.14. The molecule has 0 aliphatic carbocycles. The summed E-state index contributed by atoms with van der Waals surface area (Å²) in [6.07, 6.45) is 0. The maximum Gasteiger partial charge on any atom is 3.00 e. The van der Waals surface area contributed by atoms with Gasteiger partial charge < -0.3 is 59.8 Å². The Labute approximate surface area is 145 Å². The van der Waals surface area contributed by atoms with E-state index in [2.05, 4.69) is 5.32 Å². The van der Waals surface area contributed by atoms with Gasteiger partial charge in [0.1, 0.15) is 0 Å². The smallest absolute Gasteiger partial charge is 0.813 e. The van der Waals surface area contributed by atoms with Crippen molar-refractivity contribution in [3.63, 3.8) is 0 Å². The predicted molar refractivity (Wildman–Crippen MR) is 69.5 cm³/mol. The molecule has 0 aliphatic rings. The monoisotopic (exact) mass is 397 g/mol. The minimum Gasteiger partial charge on any atom is -0.813 e. The SMILES string of the molecule is NCCNCCN.O=[PH]([O-])[O-].O=[PH]([O-])[O-].O=[PH]([O-])[O-].[Al+3].[Al+3]. The molecule has 12 nitrogen and oxygen atoms in total. The molecule has 0 atom stereocenters. The van der Waals surface area contributed by atoms with Crippen LogP contribution in [0.3, 0.4) is 0 Å². The molecular formula is C4H16Al2N3O9P3. The Kier molecular flexibility index (Phi) is 68.2. The van der Waals surface area contributed by atoms with Crippen LogP contribution < -0.4 is 46.1 Å². The first kappa shape index (κ1) is 38.1. The molecule has 0 aromatic carbocycles. The van der Waals surface area contributed by atoms with Crippen LogP contribution in [0.1, 0.15) is 0 Å². The average Bonchev–Trinajstić information content (AvgIpc) is 2.15. The summed E-state index contributed by atoms with van der Waals surface area (Å²) in [5.41, 5.74) is 10.3. The van der Waals surface area contributed by atoms with Gasteiger partial charge >= 0.3 is 34.7 Å². The van der Waals surface area contributed by atoms with E-state index >= 15 is 0 Å². The van der Waals surface area contributed by atoms with Crippen LogP contribution in [0.15, 0.2) is 0 Å². The van der Waals surface area contributed by atoms with Crippen LogP contribution in [0.5, 0.6) is 0 Å². The van der Waals surface area contributed by atoms with Crippen molar-refractivity contribution < 1.29 is 43.1 Å². The summed E-state index contributed by atoms with van der Waals surface area (Å²) in [4.78, 5) is 51.1. The Balaban J connectivity index is -0.0000000359. The summed E-state index contributed by atoms with van der Waals surface area (Å²) in [6.45, 7) is 3.13. The quantitative estimate of drug-likeness (QED) is 0.227. The third-order valence-electron chi connectivity index (χ3n) is 0.642. The summed E-state index contributed by atoms with van der Waals surface area (Å²) in [6, 6.07) is 0. The molecule has 0 aliphatic heterocycles. The second-order valence-electron chi connectivity index (χ2n) is 2.08. The summed E-state index contributed by atoms with van der Waals surface area (Å²) < 4.78 is 25.6. The van der Waals surface area contributed by atoms with Crippen LogP contribution in [0.2, 0.25) is 0 Å². The summed E-state index contributed by atoms with van der Waals surface area (Å²) in [7, 11) is -10.9. The second kappa shape index (κ2) is 37.5. The van der Waals surface area contributed by atoms with Crippen LogP contribution in [-0.4, -0.2) is 60.9 Å². The predicted octanol–water partition coefficient (Wildman–Crippen LogP) is -7.98. The minimum absolute atomic E-state index is 0. The van der Waals surface area contributed by atoms with Crippen molar-refractivity contribution in [2.24, 2.45) is 11.5 Å². The van der Waals surface area contributed by atoms with Crippen molar-refractivity contribution in [3.8, 4) is 0 Å². The Morgan fingerprint density at radius 3 is 0.905 bits per heavy atom. The van der Waals surface area contributed by atoms with Gasteiger partial charge in [-0.05, 0) is 0 Å². The van der Waals surface area contributed by atoms with Crippen molar-refractivity contribution in [3.05, 3.63) is 0 Å². The number of nitrogens with one attached hydrogen (secondary N) is 1. The molecule has 0 fully saturated rings. The van der Waals surface area contributed by atoms with Gasteiger partial charge in [0, 0.05) is 26.2 Å². The molecule has 0 bridgehead atoms. The fraction of sp³-hybridized carbons (Fsp3) is 1.00. The maximum absolute atomic E-state index is 8.52. The van der Waals surface area contributed by atoms with E-state index in [1.165, 1.54) is 0 Å². The van der Waals surface area contributed by atoms with Gasteiger partial charge in [0.15, 0.2) is 0 Å². The molecule has 0 saturated heterocycles. The Bertz CT molecular complexity index is 196. The topological polar surface area (TPSA) is 254 Å². The fourth-order valence-corrected chi connectivity index (χ4v) is 0.329. The van der Waals surface area contributed by atoms with Crippen LogP contribution >= 0.6 is 24.8 Å². The largest absolute Gasteiger partial charge is 3.00 e. The number of hydrogen-bond donors (Lipinski definition) is 3. The van der Waals surface area contributed by atoms with E-state index in [9.17, 15) is 0 Å². The van der Waals surface area contributed by atoms with Crippen LogP contribution in [0.4, 0.5) is 0 Å². The zero-order valence-electron chi connectivity index (χ0n) is 10.8. The van der Waals surface area contributed by atoms with E-state index in [1.807, 2.05) is 0 Å². The molecule has 0 aromatic heterocycles. The van der Waals surface area contributed by atoms with Crippen molar-refractivity contribution >= 4 is 59.5 Å². The molecule has 122 valence electrons. The molecular weight excluding hydrogens is 381 g/mol. The molecule has 21 heavy (non-hydrogen) atoms. The Hall–Kier alpha value is 1.39. The average molecular weight is 397 g/mol. The number of hydrogen-bond acceptors (Lipinski definition) is 12.